The third-order valence-electron chi connectivity index (χ3n) is 3.68. The van der Waals surface area contributed by atoms with E-state index in [1.807, 2.05) is 30.3 Å². The number of halogens is 2. The Morgan fingerprint density at radius 1 is 1.00 bits per heavy atom. The molecule has 98 valence electrons. The summed E-state index contributed by atoms with van der Waals surface area (Å²) in [5.41, 5.74) is 11.5. The molecule has 0 aliphatic heterocycles. The van der Waals surface area contributed by atoms with Gasteiger partial charge in [-0.1, -0.05) is 42.5 Å². The maximum atomic E-state index is 12.4. The molecule has 0 radical (unpaired) electrons. The van der Waals surface area contributed by atoms with Gasteiger partial charge in [0.05, 0.1) is 0 Å². The first-order valence-electron chi connectivity index (χ1n) is 6.40. The van der Waals surface area contributed by atoms with Crippen molar-refractivity contribution in [3.63, 3.8) is 0 Å². The van der Waals surface area contributed by atoms with Gasteiger partial charge in [0.1, 0.15) is 0 Å². The fraction of sp³-hybridized carbons (Fsp3) is 0.250. The topological polar surface area (TPSA) is 26.0 Å². The molecule has 3 heteroatoms. The van der Waals surface area contributed by atoms with Gasteiger partial charge in [0.2, 0.25) is 6.43 Å². The second-order valence-corrected chi connectivity index (χ2v) is 4.98. The Kier molecular flexibility index (Phi) is 3.07. The van der Waals surface area contributed by atoms with Crippen LogP contribution in [0.3, 0.4) is 0 Å². The lowest BCUT2D eigenvalue weighted by Gasteiger charge is -2.13. The number of hydrogen-bond acceptors (Lipinski definition) is 1. The Morgan fingerprint density at radius 3 is 2.53 bits per heavy atom. The van der Waals surface area contributed by atoms with Crippen molar-refractivity contribution in [3.05, 3.63) is 59.2 Å². The van der Waals surface area contributed by atoms with Crippen molar-refractivity contribution < 1.29 is 8.78 Å². The van der Waals surface area contributed by atoms with E-state index >= 15 is 0 Å². The average Bonchev–Trinajstić information content (AvgIpc) is 2.75. The SMILES string of the molecule is N[C@@H](CC(F)F)c1ccc2c(c1)Cc1ccccc1-2. The first-order chi connectivity index (χ1) is 9.15. The molecule has 0 saturated carbocycles. The zero-order chi connectivity index (χ0) is 13.4. The number of hydrogen-bond donors (Lipinski definition) is 1. The predicted molar refractivity (Wildman–Crippen MR) is 72.2 cm³/mol. The molecule has 1 aliphatic carbocycles. The molecule has 0 saturated heterocycles. The molecule has 19 heavy (non-hydrogen) atoms. The summed E-state index contributed by atoms with van der Waals surface area (Å²) < 4.78 is 24.8. The molecule has 1 aliphatic rings. The van der Waals surface area contributed by atoms with Crippen molar-refractivity contribution in [3.8, 4) is 11.1 Å². The Bertz CT molecular complexity index is 607. The highest BCUT2D eigenvalue weighted by atomic mass is 19.3. The van der Waals surface area contributed by atoms with Crippen LogP contribution in [-0.2, 0) is 6.42 Å². The van der Waals surface area contributed by atoms with Crippen LogP contribution >= 0.6 is 0 Å². The van der Waals surface area contributed by atoms with Crippen molar-refractivity contribution in [2.45, 2.75) is 25.3 Å². The number of alkyl halides is 2. The zero-order valence-corrected chi connectivity index (χ0v) is 10.4. The summed E-state index contributed by atoms with van der Waals surface area (Å²) in [5.74, 6) is 0. The smallest absolute Gasteiger partial charge is 0.240 e. The standard InChI is InChI=1S/C16H15F2N/c17-16(18)9-15(19)11-5-6-14-12(8-11)7-10-3-1-2-4-13(10)14/h1-6,8,15-16H,7,9,19H2/t15-/m0/s1. The maximum absolute atomic E-state index is 12.4. The van der Waals surface area contributed by atoms with Crippen LogP contribution < -0.4 is 5.73 Å². The van der Waals surface area contributed by atoms with Crippen LogP contribution in [0.25, 0.3) is 11.1 Å². The van der Waals surface area contributed by atoms with Gasteiger partial charge < -0.3 is 5.73 Å². The van der Waals surface area contributed by atoms with Crippen molar-refractivity contribution in [1.29, 1.82) is 0 Å². The highest BCUT2D eigenvalue weighted by Gasteiger charge is 2.20. The fourth-order valence-electron chi connectivity index (χ4n) is 2.72. The monoisotopic (exact) mass is 259 g/mol. The van der Waals surface area contributed by atoms with E-state index in [9.17, 15) is 8.78 Å². The Hall–Kier alpha value is -1.74. The van der Waals surface area contributed by atoms with Gasteiger partial charge >= 0.3 is 0 Å². The number of benzene rings is 2. The van der Waals surface area contributed by atoms with E-state index in [-0.39, 0.29) is 6.42 Å². The lowest BCUT2D eigenvalue weighted by atomic mass is 9.98. The zero-order valence-electron chi connectivity index (χ0n) is 10.4. The van der Waals surface area contributed by atoms with Crippen LogP contribution in [0.1, 0.15) is 29.2 Å². The lowest BCUT2D eigenvalue weighted by molar-refractivity contribution is 0.128. The molecule has 0 bridgehead atoms. The van der Waals surface area contributed by atoms with Gasteiger partial charge in [-0.2, -0.15) is 0 Å². The molecule has 2 N–H and O–H groups in total. The Balaban J connectivity index is 1.93. The summed E-state index contributed by atoms with van der Waals surface area (Å²) in [6.07, 6.45) is -1.78. The van der Waals surface area contributed by atoms with Gasteiger partial charge in [0.25, 0.3) is 0 Å². The van der Waals surface area contributed by atoms with Gasteiger partial charge in [0.15, 0.2) is 0 Å². The van der Waals surface area contributed by atoms with E-state index in [0.29, 0.717) is 0 Å². The molecular weight excluding hydrogens is 244 g/mol. The quantitative estimate of drug-likeness (QED) is 0.758. The van der Waals surface area contributed by atoms with Crippen LogP contribution in [0.4, 0.5) is 8.78 Å². The van der Waals surface area contributed by atoms with Gasteiger partial charge in [-0.05, 0) is 34.2 Å². The van der Waals surface area contributed by atoms with E-state index in [2.05, 4.69) is 12.1 Å². The summed E-state index contributed by atoms with van der Waals surface area (Å²) in [6, 6.07) is 13.5. The van der Waals surface area contributed by atoms with Crippen LogP contribution in [0.15, 0.2) is 42.5 Å². The lowest BCUT2D eigenvalue weighted by Crippen LogP contribution is -2.14. The number of rotatable bonds is 3. The predicted octanol–water partition coefficient (Wildman–Crippen LogP) is 3.91. The third-order valence-corrected chi connectivity index (χ3v) is 3.68. The van der Waals surface area contributed by atoms with E-state index in [4.69, 9.17) is 5.73 Å². The van der Waals surface area contributed by atoms with Gasteiger partial charge in [-0.15, -0.1) is 0 Å². The summed E-state index contributed by atoms with van der Waals surface area (Å²) in [5, 5.41) is 0. The average molecular weight is 259 g/mol. The summed E-state index contributed by atoms with van der Waals surface area (Å²) in [6.45, 7) is 0. The van der Waals surface area contributed by atoms with Crippen LogP contribution in [0, 0.1) is 0 Å². The fourth-order valence-corrected chi connectivity index (χ4v) is 2.72. The summed E-state index contributed by atoms with van der Waals surface area (Å²) in [7, 11) is 0. The molecular formula is C16H15F2N. The minimum Gasteiger partial charge on any atom is -0.324 e. The van der Waals surface area contributed by atoms with E-state index < -0.39 is 12.5 Å². The largest absolute Gasteiger partial charge is 0.324 e. The van der Waals surface area contributed by atoms with Gasteiger partial charge in [-0.25, -0.2) is 8.78 Å². The van der Waals surface area contributed by atoms with Crippen molar-refractivity contribution in [1.82, 2.24) is 0 Å². The molecule has 1 nitrogen and oxygen atoms in total. The van der Waals surface area contributed by atoms with Crippen LogP contribution in [0.5, 0.6) is 0 Å². The second-order valence-electron chi connectivity index (χ2n) is 4.98. The maximum Gasteiger partial charge on any atom is 0.240 e. The normalized spacial score (nSPS) is 14.3. The molecule has 0 spiro atoms. The molecule has 0 amide bonds. The van der Waals surface area contributed by atoms with E-state index in [1.165, 1.54) is 22.3 Å². The minimum absolute atomic E-state index is 0.286. The van der Waals surface area contributed by atoms with Crippen molar-refractivity contribution in [2.75, 3.05) is 0 Å². The van der Waals surface area contributed by atoms with Crippen molar-refractivity contribution >= 4 is 0 Å². The van der Waals surface area contributed by atoms with Gasteiger partial charge in [-0.3, -0.25) is 0 Å². The van der Waals surface area contributed by atoms with Gasteiger partial charge in [0, 0.05) is 12.5 Å². The first-order valence-corrected chi connectivity index (χ1v) is 6.40. The van der Waals surface area contributed by atoms with Crippen LogP contribution in [0.2, 0.25) is 0 Å². The number of fused-ring (bicyclic) bond motifs is 3. The molecule has 0 fully saturated rings. The molecule has 2 aromatic carbocycles. The molecule has 0 aromatic heterocycles. The summed E-state index contributed by atoms with van der Waals surface area (Å²) >= 11 is 0. The van der Waals surface area contributed by atoms with Crippen molar-refractivity contribution in [2.24, 2.45) is 5.73 Å². The molecule has 2 aromatic rings. The highest BCUT2D eigenvalue weighted by molar-refractivity contribution is 5.76. The van der Waals surface area contributed by atoms with E-state index in [1.54, 1.807) is 0 Å². The number of nitrogens with two attached hydrogens (primary N) is 1. The van der Waals surface area contributed by atoms with E-state index in [0.717, 1.165) is 12.0 Å². The molecule has 1 atom stereocenters. The third kappa shape index (κ3) is 2.26. The van der Waals surface area contributed by atoms with Crippen LogP contribution in [-0.4, -0.2) is 6.43 Å². The first kappa shape index (κ1) is 12.3. The highest BCUT2D eigenvalue weighted by Crippen LogP contribution is 2.37. The second kappa shape index (κ2) is 4.74. The Morgan fingerprint density at radius 2 is 1.74 bits per heavy atom. The molecule has 0 heterocycles. The molecule has 0 unspecified atom stereocenters. The minimum atomic E-state index is -2.36. The Labute approximate surface area is 111 Å². The summed E-state index contributed by atoms with van der Waals surface area (Å²) in [4.78, 5) is 0. The molecule has 3 rings (SSSR count).